The van der Waals surface area contributed by atoms with Gasteiger partial charge in [-0.3, -0.25) is 0 Å². The van der Waals surface area contributed by atoms with Crippen molar-refractivity contribution in [3.63, 3.8) is 0 Å². The molecule has 0 spiro atoms. The second kappa shape index (κ2) is 7.12. The predicted molar refractivity (Wildman–Crippen MR) is 103 cm³/mol. The van der Waals surface area contributed by atoms with Gasteiger partial charge in [0.25, 0.3) is 5.89 Å². The molecule has 0 saturated carbocycles. The molecule has 1 aliphatic heterocycles. The van der Waals surface area contributed by atoms with Crippen LogP contribution in [0.3, 0.4) is 0 Å². The molecule has 1 aromatic carbocycles. The summed E-state index contributed by atoms with van der Waals surface area (Å²) in [5.74, 6) is 2.11. The van der Waals surface area contributed by atoms with Crippen molar-refractivity contribution in [1.82, 2.24) is 15.1 Å². The summed E-state index contributed by atoms with van der Waals surface area (Å²) >= 11 is 0. The molecule has 5 nitrogen and oxygen atoms in total. The molecule has 0 amide bonds. The van der Waals surface area contributed by atoms with E-state index in [1.54, 1.807) is 6.20 Å². The van der Waals surface area contributed by atoms with Gasteiger partial charge in [0.15, 0.2) is 5.82 Å². The zero-order chi connectivity index (χ0) is 17.9. The van der Waals surface area contributed by atoms with E-state index in [9.17, 15) is 0 Å². The third-order valence-electron chi connectivity index (χ3n) is 4.79. The molecule has 0 fully saturated rings. The Balaban J connectivity index is 1.51. The van der Waals surface area contributed by atoms with Gasteiger partial charge in [0, 0.05) is 24.8 Å². The number of nitrogens with zero attached hydrogens (tertiary/aromatic N) is 4. The van der Waals surface area contributed by atoms with Gasteiger partial charge in [0.2, 0.25) is 0 Å². The SMILES string of the molecule is CCc1ccc(C2=CCN(c3cc(-c4nc(C)no4)ccn3)CC2)cc1. The number of pyridine rings is 1. The Bertz CT molecular complexity index is 927. The van der Waals surface area contributed by atoms with E-state index >= 15 is 0 Å². The van der Waals surface area contributed by atoms with Crippen LogP contribution in [0.2, 0.25) is 0 Å². The van der Waals surface area contributed by atoms with E-state index in [2.05, 4.69) is 57.3 Å². The van der Waals surface area contributed by atoms with Crippen molar-refractivity contribution < 1.29 is 4.52 Å². The van der Waals surface area contributed by atoms with Crippen LogP contribution in [-0.4, -0.2) is 28.2 Å². The van der Waals surface area contributed by atoms with Crippen molar-refractivity contribution in [3.05, 3.63) is 65.6 Å². The summed E-state index contributed by atoms with van der Waals surface area (Å²) in [5, 5.41) is 3.86. The normalized spacial score (nSPS) is 14.4. The third-order valence-corrected chi connectivity index (χ3v) is 4.79. The van der Waals surface area contributed by atoms with E-state index in [4.69, 9.17) is 4.52 Å². The van der Waals surface area contributed by atoms with Crippen molar-refractivity contribution in [2.75, 3.05) is 18.0 Å². The average molecular weight is 346 g/mol. The highest BCUT2D eigenvalue weighted by molar-refractivity contribution is 5.69. The number of rotatable bonds is 4. The zero-order valence-corrected chi connectivity index (χ0v) is 15.1. The average Bonchev–Trinajstić information content (AvgIpc) is 3.15. The maximum Gasteiger partial charge on any atom is 0.258 e. The van der Waals surface area contributed by atoms with Gasteiger partial charge in [0.05, 0.1) is 0 Å². The molecule has 4 rings (SSSR count). The van der Waals surface area contributed by atoms with E-state index in [-0.39, 0.29) is 0 Å². The Morgan fingerprint density at radius 2 is 1.96 bits per heavy atom. The number of hydrogen-bond donors (Lipinski definition) is 0. The lowest BCUT2D eigenvalue weighted by Crippen LogP contribution is -2.28. The number of aryl methyl sites for hydroxylation is 2. The lowest BCUT2D eigenvalue weighted by molar-refractivity contribution is 0.425. The number of aromatic nitrogens is 3. The van der Waals surface area contributed by atoms with Crippen molar-refractivity contribution >= 4 is 11.4 Å². The van der Waals surface area contributed by atoms with Crippen LogP contribution < -0.4 is 4.90 Å². The number of anilines is 1. The fraction of sp³-hybridized carbons (Fsp3) is 0.286. The standard InChI is InChI=1S/C21H22N4O/c1-3-16-4-6-17(7-5-16)18-9-12-25(13-10-18)20-14-19(8-11-22-20)21-23-15(2)24-26-21/h4-9,11,14H,3,10,12-13H2,1-2H3. The predicted octanol–water partition coefficient (Wildman–Crippen LogP) is 4.30. The van der Waals surface area contributed by atoms with Crippen LogP contribution in [0.15, 0.2) is 53.2 Å². The quantitative estimate of drug-likeness (QED) is 0.705. The van der Waals surface area contributed by atoms with Gasteiger partial charge in [-0.15, -0.1) is 0 Å². The molecule has 0 saturated heterocycles. The zero-order valence-electron chi connectivity index (χ0n) is 15.1. The number of hydrogen-bond acceptors (Lipinski definition) is 5. The van der Waals surface area contributed by atoms with Crippen molar-refractivity contribution in [2.45, 2.75) is 26.7 Å². The minimum absolute atomic E-state index is 0.537. The Morgan fingerprint density at radius 1 is 1.12 bits per heavy atom. The van der Waals surface area contributed by atoms with Crippen LogP contribution in [0, 0.1) is 6.92 Å². The fourth-order valence-electron chi connectivity index (χ4n) is 3.23. The molecule has 0 radical (unpaired) electrons. The molecule has 0 unspecified atom stereocenters. The molecule has 0 N–H and O–H groups in total. The maximum atomic E-state index is 5.27. The molecule has 132 valence electrons. The molecule has 3 aromatic rings. The van der Waals surface area contributed by atoms with Gasteiger partial charge in [-0.1, -0.05) is 42.4 Å². The van der Waals surface area contributed by atoms with Gasteiger partial charge < -0.3 is 9.42 Å². The van der Waals surface area contributed by atoms with Crippen molar-refractivity contribution in [1.29, 1.82) is 0 Å². The summed E-state index contributed by atoms with van der Waals surface area (Å²) < 4.78 is 5.27. The Kier molecular flexibility index (Phi) is 4.52. The fourth-order valence-corrected chi connectivity index (χ4v) is 3.23. The molecule has 26 heavy (non-hydrogen) atoms. The highest BCUT2D eigenvalue weighted by Crippen LogP contribution is 2.27. The van der Waals surface area contributed by atoms with Crippen molar-refractivity contribution in [2.24, 2.45) is 0 Å². The molecule has 0 atom stereocenters. The van der Waals surface area contributed by atoms with E-state index in [0.29, 0.717) is 11.7 Å². The third kappa shape index (κ3) is 3.38. The molecular formula is C21H22N4O. The van der Waals surface area contributed by atoms with E-state index < -0.39 is 0 Å². The molecule has 0 bridgehead atoms. The first-order valence-corrected chi connectivity index (χ1v) is 9.03. The first-order chi connectivity index (χ1) is 12.7. The largest absolute Gasteiger partial charge is 0.353 e. The highest BCUT2D eigenvalue weighted by atomic mass is 16.5. The Hall–Kier alpha value is -2.95. The van der Waals surface area contributed by atoms with Crippen molar-refractivity contribution in [3.8, 4) is 11.5 Å². The maximum absolute atomic E-state index is 5.27. The lowest BCUT2D eigenvalue weighted by atomic mass is 9.98. The van der Waals surface area contributed by atoms with Crippen LogP contribution in [0.4, 0.5) is 5.82 Å². The molecular weight excluding hydrogens is 324 g/mol. The van der Waals surface area contributed by atoms with E-state index in [0.717, 1.165) is 37.3 Å². The van der Waals surface area contributed by atoms with Gasteiger partial charge in [-0.25, -0.2) is 4.98 Å². The topological polar surface area (TPSA) is 55.1 Å². The van der Waals surface area contributed by atoms with E-state index in [1.165, 1.54) is 16.7 Å². The molecule has 0 aliphatic carbocycles. The molecule has 5 heteroatoms. The molecule has 2 aromatic heterocycles. The molecule has 3 heterocycles. The van der Waals surface area contributed by atoms with Gasteiger partial charge in [-0.05, 0) is 48.6 Å². The monoisotopic (exact) mass is 346 g/mol. The minimum atomic E-state index is 0.537. The number of benzene rings is 1. The highest BCUT2D eigenvalue weighted by Gasteiger charge is 2.16. The second-order valence-electron chi connectivity index (χ2n) is 6.53. The lowest BCUT2D eigenvalue weighted by Gasteiger charge is -2.27. The summed E-state index contributed by atoms with van der Waals surface area (Å²) in [5.41, 5.74) is 5.02. The first kappa shape index (κ1) is 16.5. The summed E-state index contributed by atoms with van der Waals surface area (Å²) in [4.78, 5) is 11.1. The second-order valence-corrected chi connectivity index (χ2v) is 6.53. The Labute approximate surface area is 153 Å². The minimum Gasteiger partial charge on any atom is -0.353 e. The summed E-state index contributed by atoms with van der Waals surface area (Å²) in [7, 11) is 0. The summed E-state index contributed by atoms with van der Waals surface area (Å²) in [6.07, 6.45) is 6.19. The Morgan fingerprint density at radius 3 is 2.62 bits per heavy atom. The van der Waals surface area contributed by atoms with E-state index in [1.807, 2.05) is 19.1 Å². The smallest absolute Gasteiger partial charge is 0.258 e. The van der Waals surface area contributed by atoms with Crippen LogP contribution >= 0.6 is 0 Å². The van der Waals surface area contributed by atoms with Gasteiger partial charge in [0.1, 0.15) is 5.82 Å². The van der Waals surface area contributed by atoms with Gasteiger partial charge >= 0.3 is 0 Å². The van der Waals surface area contributed by atoms with Crippen LogP contribution in [0.25, 0.3) is 17.0 Å². The summed E-state index contributed by atoms with van der Waals surface area (Å²) in [6.45, 7) is 5.80. The molecule has 1 aliphatic rings. The first-order valence-electron chi connectivity index (χ1n) is 9.03. The van der Waals surface area contributed by atoms with Gasteiger partial charge in [-0.2, -0.15) is 4.98 Å². The van der Waals surface area contributed by atoms with Crippen LogP contribution in [0.1, 0.15) is 30.3 Å². The van der Waals surface area contributed by atoms with Crippen LogP contribution in [0.5, 0.6) is 0 Å². The summed E-state index contributed by atoms with van der Waals surface area (Å²) in [6, 6.07) is 12.8. The van der Waals surface area contributed by atoms with Crippen LogP contribution in [-0.2, 0) is 6.42 Å².